The highest BCUT2D eigenvalue weighted by Gasteiger charge is 2.11. The van der Waals surface area contributed by atoms with E-state index in [9.17, 15) is 9.90 Å². The summed E-state index contributed by atoms with van der Waals surface area (Å²) in [5, 5.41) is 12.1. The third-order valence-electron chi connectivity index (χ3n) is 1.80. The van der Waals surface area contributed by atoms with Gasteiger partial charge in [0, 0.05) is 5.69 Å². The van der Waals surface area contributed by atoms with Crippen molar-refractivity contribution in [1.82, 2.24) is 0 Å². The number of anilines is 1. The minimum Gasteiger partial charge on any atom is -0.379 e. The Kier molecular flexibility index (Phi) is 4.06. The Balaban J connectivity index is 2.60. The molecule has 2 N–H and O–H groups in total. The molecular weight excluding hydrogens is 190 g/mol. The molecule has 3 heteroatoms. The van der Waals surface area contributed by atoms with Gasteiger partial charge in [-0.2, -0.15) is 0 Å². The maximum atomic E-state index is 11.4. The van der Waals surface area contributed by atoms with Crippen LogP contribution in [0.3, 0.4) is 0 Å². The average Bonchev–Trinajstić information content (AvgIpc) is 2.18. The van der Waals surface area contributed by atoms with Crippen molar-refractivity contribution >= 4 is 11.6 Å². The van der Waals surface area contributed by atoms with Gasteiger partial charge in [0.25, 0.3) is 5.91 Å². The zero-order valence-corrected chi connectivity index (χ0v) is 8.90. The lowest BCUT2D eigenvalue weighted by molar-refractivity contribution is -0.121. The molecule has 0 unspecified atom stereocenters. The zero-order chi connectivity index (χ0) is 11.3. The largest absolute Gasteiger partial charge is 0.379 e. The van der Waals surface area contributed by atoms with Crippen LogP contribution in [0.4, 0.5) is 5.69 Å². The summed E-state index contributed by atoms with van der Waals surface area (Å²) in [6, 6.07) is 9.05. The summed E-state index contributed by atoms with van der Waals surface area (Å²) in [5.74, 6) is -0.414. The van der Waals surface area contributed by atoms with Gasteiger partial charge in [0.2, 0.25) is 0 Å². The molecule has 0 spiro atoms. The summed E-state index contributed by atoms with van der Waals surface area (Å²) in [6.07, 6.45) is 0.424. The lowest BCUT2D eigenvalue weighted by atomic mass is 10.2. The van der Waals surface area contributed by atoms with Crippen LogP contribution in [0.25, 0.3) is 0 Å². The van der Waals surface area contributed by atoms with Gasteiger partial charge in [0.15, 0.2) is 6.10 Å². The van der Waals surface area contributed by atoms with Crippen molar-refractivity contribution in [2.24, 2.45) is 0 Å². The van der Waals surface area contributed by atoms with Gasteiger partial charge in [-0.15, -0.1) is 0 Å². The normalized spacial score (nSPS) is 11.7. The number of amides is 1. The van der Waals surface area contributed by atoms with Gasteiger partial charge >= 0.3 is 0 Å². The minimum absolute atomic E-state index is 0.414. The highest BCUT2D eigenvalue weighted by molar-refractivity contribution is 5.95. The first-order valence-corrected chi connectivity index (χ1v) is 4.78. The highest BCUT2D eigenvalue weighted by Crippen LogP contribution is 2.06. The first kappa shape index (κ1) is 11.5. The van der Waals surface area contributed by atoms with Crippen LogP contribution in [0.2, 0.25) is 0 Å². The molecule has 0 saturated carbocycles. The van der Waals surface area contributed by atoms with Crippen LogP contribution < -0.4 is 5.32 Å². The van der Waals surface area contributed by atoms with Crippen molar-refractivity contribution in [1.29, 1.82) is 0 Å². The fourth-order valence-electron chi connectivity index (χ4n) is 1.13. The van der Waals surface area contributed by atoms with Gasteiger partial charge in [-0.3, -0.25) is 4.79 Å². The number of aliphatic hydroxyl groups is 1. The number of rotatable bonds is 3. The Labute approximate surface area is 89.4 Å². The maximum Gasteiger partial charge on any atom is 0.257 e. The predicted octanol–water partition coefficient (Wildman–Crippen LogP) is 1.95. The molecule has 3 nitrogen and oxygen atoms in total. The minimum atomic E-state index is -1.09. The van der Waals surface area contributed by atoms with E-state index in [1.165, 1.54) is 6.08 Å². The van der Waals surface area contributed by atoms with Crippen LogP contribution in [0.1, 0.15) is 13.8 Å². The topological polar surface area (TPSA) is 49.3 Å². The van der Waals surface area contributed by atoms with Crippen LogP contribution in [0, 0.1) is 0 Å². The van der Waals surface area contributed by atoms with Crippen LogP contribution in [0.5, 0.6) is 0 Å². The molecule has 80 valence electrons. The van der Waals surface area contributed by atoms with Crippen LogP contribution in [0.15, 0.2) is 42.0 Å². The number of para-hydroxylation sites is 1. The van der Waals surface area contributed by atoms with Crippen LogP contribution in [-0.4, -0.2) is 17.1 Å². The molecule has 1 aromatic rings. The molecule has 0 aliphatic heterocycles. The fraction of sp³-hybridized carbons (Fsp3) is 0.250. The van der Waals surface area contributed by atoms with Crippen molar-refractivity contribution < 1.29 is 9.90 Å². The molecule has 1 atom stereocenters. The van der Waals surface area contributed by atoms with Gasteiger partial charge in [-0.1, -0.05) is 23.8 Å². The Morgan fingerprint density at radius 1 is 1.33 bits per heavy atom. The smallest absolute Gasteiger partial charge is 0.257 e. The molecule has 15 heavy (non-hydrogen) atoms. The van der Waals surface area contributed by atoms with Crippen molar-refractivity contribution in [3.63, 3.8) is 0 Å². The lowest BCUT2D eigenvalue weighted by Gasteiger charge is -2.08. The standard InChI is InChI=1S/C12H15NO2/c1-9(2)8-11(14)12(15)13-10-6-4-3-5-7-10/h3-8,11,14H,1-2H3,(H,13,15)/t11-/m1/s1. The monoisotopic (exact) mass is 205 g/mol. The van der Waals surface area contributed by atoms with E-state index in [4.69, 9.17) is 0 Å². The molecule has 1 amide bonds. The van der Waals surface area contributed by atoms with E-state index >= 15 is 0 Å². The Hall–Kier alpha value is -1.61. The SMILES string of the molecule is CC(C)=C[C@@H](O)C(=O)Nc1ccccc1. The summed E-state index contributed by atoms with van der Waals surface area (Å²) >= 11 is 0. The third kappa shape index (κ3) is 3.95. The molecule has 1 aromatic carbocycles. The second-order valence-electron chi connectivity index (χ2n) is 3.54. The Morgan fingerprint density at radius 2 is 1.93 bits per heavy atom. The van der Waals surface area contributed by atoms with Gasteiger partial charge < -0.3 is 10.4 Å². The molecule has 0 aromatic heterocycles. The van der Waals surface area contributed by atoms with Crippen molar-refractivity contribution in [2.45, 2.75) is 20.0 Å². The Bertz CT molecular complexity index is 353. The van der Waals surface area contributed by atoms with Gasteiger partial charge in [0.1, 0.15) is 0 Å². The number of benzene rings is 1. The molecule has 0 heterocycles. The summed E-state index contributed by atoms with van der Waals surface area (Å²) in [6.45, 7) is 3.66. The zero-order valence-electron chi connectivity index (χ0n) is 8.90. The molecule has 1 rings (SSSR count). The number of carbonyl (C=O) groups excluding carboxylic acids is 1. The van der Waals surface area contributed by atoms with Gasteiger partial charge in [0.05, 0.1) is 0 Å². The van der Waals surface area contributed by atoms with E-state index in [2.05, 4.69) is 5.32 Å². The Morgan fingerprint density at radius 3 is 2.47 bits per heavy atom. The van der Waals surface area contributed by atoms with Gasteiger partial charge in [-0.25, -0.2) is 0 Å². The van der Waals surface area contributed by atoms with E-state index in [1.54, 1.807) is 12.1 Å². The van der Waals surface area contributed by atoms with E-state index in [1.807, 2.05) is 32.0 Å². The van der Waals surface area contributed by atoms with Crippen LogP contribution in [-0.2, 0) is 4.79 Å². The third-order valence-corrected chi connectivity index (χ3v) is 1.80. The maximum absolute atomic E-state index is 11.4. The van der Waals surface area contributed by atoms with Crippen molar-refractivity contribution in [3.05, 3.63) is 42.0 Å². The fourth-order valence-corrected chi connectivity index (χ4v) is 1.13. The number of hydrogen-bond acceptors (Lipinski definition) is 2. The van der Waals surface area contributed by atoms with E-state index < -0.39 is 12.0 Å². The first-order chi connectivity index (χ1) is 7.09. The molecule has 0 saturated heterocycles. The number of carbonyl (C=O) groups is 1. The first-order valence-electron chi connectivity index (χ1n) is 4.78. The molecular formula is C12H15NO2. The highest BCUT2D eigenvalue weighted by atomic mass is 16.3. The molecule has 0 fully saturated rings. The lowest BCUT2D eigenvalue weighted by Crippen LogP contribution is -2.25. The van der Waals surface area contributed by atoms with E-state index in [0.717, 1.165) is 5.57 Å². The predicted molar refractivity (Wildman–Crippen MR) is 60.5 cm³/mol. The molecule has 0 radical (unpaired) electrons. The summed E-state index contributed by atoms with van der Waals surface area (Å²) < 4.78 is 0. The summed E-state index contributed by atoms with van der Waals surface area (Å²) in [4.78, 5) is 11.4. The summed E-state index contributed by atoms with van der Waals surface area (Å²) in [7, 11) is 0. The number of hydrogen-bond donors (Lipinski definition) is 2. The van der Waals surface area contributed by atoms with E-state index in [-0.39, 0.29) is 0 Å². The number of allylic oxidation sites excluding steroid dienone is 1. The second kappa shape index (κ2) is 5.32. The van der Waals surface area contributed by atoms with E-state index in [0.29, 0.717) is 5.69 Å². The number of aliphatic hydroxyl groups excluding tert-OH is 1. The number of nitrogens with one attached hydrogen (secondary N) is 1. The molecule has 0 aliphatic rings. The van der Waals surface area contributed by atoms with Crippen molar-refractivity contribution in [3.8, 4) is 0 Å². The van der Waals surface area contributed by atoms with Crippen molar-refractivity contribution in [2.75, 3.05) is 5.32 Å². The van der Waals surface area contributed by atoms with Crippen LogP contribution >= 0.6 is 0 Å². The average molecular weight is 205 g/mol. The molecule has 0 aliphatic carbocycles. The molecule has 0 bridgehead atoms. The second-order valence-corrected chi connectivity index (χ2v) is 3.54. The summed E-state index contributed by atoms with van der Waals surface area (Å²) in [5.41, 5.74) is 1.59. The van der Waals surface area contributed by atoms with Gasteiger partial charge in [-0.05, 0) is 32.1 Å². The quantitative estimate of drug-likeness (QED) is 0.741.